The van der Waals surface area contributed by atoms with Gasteiger partial charge >= 0.3 is 0 Å². The largest absolute Gasteiger partial charge is 0.394 e. The molecular formula is C7H17O2P. The Kier molecular flexibility index (Phi) is 6.30. The van der Waals surface area contributed by atoms with Crippen molar-refractivity contribution in [2.45, 2.75) is 20.0 Å². The fourth-order valence-electron chi connectivity index (χ4n) is 0.603. The molecule has 0 aliphatic carbocycles. The molecule has 2 unspecified atom stereocenters. The molecule has 0 aliphatic rings. The van der Waals surface area contributed by atoms with Crippen LogP contribution in [0.25, 0.3) is 0 Å². The van der Waals surface area contributed by atoms with E-state index in [4.69, 9.17) is 10.2 Å². The van der Waals surface area contributed by atoms with Crippen molar-refractivity contribution in [3.63, 3.8) is 0 Å². The zero-order valence-electron chi connectivity index (χ0n) is 6.67. The first-order valence-electron chi connectivity index (χ1n) is 3.66. The summed E-state index contributed by atoms with van der Waals surface area (Å²) in [6, 6.07) is 0. The van der Waals surface area contributed by atoms with Gasteiger partial charge in [0.15, 0.2) is 0 Å². The average molecular weight is 164 g/mol. The maximum absolute atomic E-state index is 8.93. The van der Waals surface area contributed by atoms with Gasteiger partial charge in [-0.1, -0.05) is 13.8 Å². The smallest absolute Gasteiger partial charge is 0.0807 e. The quantitative estimate of drug-likeness (QED) is 0.586. The van der Waals surface area contributed by atoms with Gasteiger partial charge in [0, 0.05) is 0 Å². The van der Waals surface area contributed by atoms with Gasteiger partial charge in [0.05, 0.1) is 12.7 Å². The first-order valence-corrected chi connectivity index (χ1v) is 5.08. The van der Waals surface area contributed by atoms with E-state index in [1.165, 1.54) is 0 Å². The summed E-state index contributed by atoms with van der Waals surface area (Å²) in [4.78, 5) is 0. The lowest BCUT2D eigenvalue weighted by atomic mass is 10.3. The molecule has 0 fully saturated rings. The predicted molar refractivity (Wildman–Crippen MR) is 46.0 cm³/mol. The third kappa shape index (κ3) is 6.47. The van der Waals surface area contributed by atoms with Gasteiger partial charge in [-0.3, -0.25) is 0 Å². The number of aliphatic hydroxyl groups is 2. The van der Waals surface area contributed by atoms with Crippen molar-refractivity contribution in [2.75, 3.05) is 18.9 Å². The Morgan fingerprint density at radius 3 is 2.30 bits per heavy atom. The van der Waals surface area contributed by atoms with Crippen molar-refractivity contribution >= 4 is 8.58 Å². The summed E-state index contributed by atoms with van der Waals surface area (Å²) in [5.41, 5.74) is 0. The molecular weight excluding hydrogens is 147 g/mol. The summed E-state index contributed by atoms with van der Waals surface area (Å²) in [7, 11) is 0.790. The van der Waals surface area contributed by atoms with Crippen molar-refractivity contribution < 1.29 is 10.2 Å². The van der Waals surface area contributed by atoms with Crippen molar-refractivity contribution in [1.82, 2.24) is 0 Å². The fourth-order valence-corrected chi connectivity index (χ4v) is 1.81. The molecule has 0 bridgehead atoms. The van der Waals surface area contributed by atoms with Crippen LogP contribution < -0.4 is 0 Å². The van der Waals surface area contributed by atoms with Crippen LogP contribution in [0, 0.1) is 5.92 Å². The van der Waals surface area contributed by atoms with Gasteiger partial charge in [0.25, 0.3) is 0 Å². The molecule has 3 heteroatoms. The Hall–Kier alpha value is 0.350. The van der Waals surface area contributed by atoms with Gasteiger partial charge in [-0.15, -0.1) is 8.58 Å². The molecule has 0 radical (unpaired) electrons. The van der Waals surface area contributed by atoms with Gasteiger partial charge in [-0.05, 0) is 18.2 Å². The van der Waals surface area contributed by atoms with Crippen LogP contribution in [-0.2, 0) is 0 Å². The SMILES string of the molecule is CC(C)CPCC(O)CO. The molecule has 0 saturated carbocycles. The maximum atomic E-state index is 8.93. The normalized spacial score (nSPS) is 15.3. The summed E-state index contributed by atoms with van der Waals surface area (Å²) in [5.74, 6) is 0.712. The van der Waals surface area contributed by atoms with E-state index in [2.05, 4.69) is 13.8 Å². The highest BCUT2D eigenvalue weighted by Crippen LogP contribution is 2.15. The van der Waals surface area contributed by atoms with Crippen molar-refractivity contribution in [2.24, 2.45) is 5.92 Å². The van der Waals surface area contributed by atoms with Gasteiger partial charge in [-0.25, -0.2) is 0 Å². The summed E-state index contributed by atoms with van der Waals surface area (Å²) in [5, 5.41) is 17.4. The van der Waals surface area contributed by atoms with E-state index < -0.39 is 6.10 Å². The second-order valence-corrected chi connectivity index (χ2v) is 4.20. The molecule has 2 N–H and O–H groups in total. The molecule has 2 atom stereocenters. The Labute approximate surface area is 64.4 Å². The number of hydrogen-bond donors (Lipinski definition) is 2. The number of aliphatic hydroxyl groups excluding tert-OH is 2. The molecule has 0 amide bonds. The highest BCUT2D eigenvalue weighted by atomic mass is 31.1. The highest BCUT2D eigenvalue weighted by molar-refractivity contribution is 7.38. The molecule has 0 aromatic rings. The van der Waals surface area contributed by atoms with Gasteiger partial charge < -0.3 is 10.2 Å². The first-order chi connectivity index (χ1) is 4.66. The van der Waals surface area contributed by atoms with Gasteiger partial charge in [-0.2, -0.15) is 0 Å². The monoisotopic (exact) mass is 164 g/mol. The van der Waals surface area contributed by atoms with Crippen LogP contribution in [0.1, 0.15) is 13.8 Å². The van der Waals surface area contributed by atoms with Crippen LogP contribution in [0.2, 0.25) is 0 Å². The molecule has 10 heavy (non-hydrogen) atoms. The molecule has 0 aromatic carbocycles. The Balaban J connectivity index is 3.03. The second-order valence-electron chi connectivity index (χ2n) is 2.89. The number of rotatable bonds is 5. The Morgan fingerprint density at radius 1 is 1.30 bits per heavy atom. The zero-order valence-corrected chi connectivity index (χ0v) is 7.67. The zero-order chi connectivity index (χ0) is 7.98. The van der Waals surface area contributed by atoms with E-state index in [-0.39, 0.29) is 6.61 Å². The second kappa shape index (κ2) is 6.09. The van der Waals surface area contributed by atoms with Crippen LogP contribution in [-0.4, -0.2) is 35.2 Å². The molecule has 0 heterocycles. The number of hydrogen-bond acceptors (Lipinski definition) is 2. The minimum absolute atomic E-state index is 0.0922. The lowest BCUT2D eigenvalue weighted by molar-refractivity contribution is 0.113. The van der Waals surface area contributed by atoms with E-state index in [0.29, 0.717) is 5.92 Å². The van der Waals surface area contributed by atoms with Gasteiger partial charge in [0.1, 0.15) is 0 Å². The van der Waals surface area contributed by atoms with Crippen LogP contribution in [0.15, 0.2) is 0 Å². The molecule has 62 valence electrons. The molecule has 0 rings (SSSR count). The van der Waals surface area contributed by atoms with E-state index in [1.54, 1.807) is 0 Å². The van der Waals surface area contributed by atoms with E-state index in [9.17, 15) is 0 Å². The van der Waals surface area contributed by atoms with Crippen molar-refractivity contribution in [3.8, 4) is 0 Å². The minimum Gasteiger partial charge on any atom is -0.394 e. The Morgan fingerprint density at radius 2 is 1.90 bits per heavy atom. The van der Waals surface area contributed by atoms with E-state index >= 15 is 0 Å². The fraction of sp³-hybridized carbons (Fsp3) is 1.00. The van der Waals surface area contributed by atoms with Crippen LogP contribution in [0.4, 0.5) is 0 Å². The van der Waals surface area contributed by atoms with Crippen LogP contribution >= 0.6 is 8.58 Å². The van der Waals surface area contributed by atoms with Crippen molar-refractivity contribution in [1.29, 1.82) is 0 Å². The van der Waals surface area contributed by atoms with Crippen LogP contribution in [0.5, 0.6) is 0 Å². The van der Waals surface area contributed by atoms with Crippen molar-refractivity contribution in [3.05, 3.63) is 0 Å². The third-order valence-electron chi connectivity index (χ3n) is 1.14. The minimum atomic E-state index is -0.489. The lowest BCUT2D eigenvalue weighted by Crippen LogP contribution is -2.14. The van der Waals surface area contributed by atoms with Crippen LogP contribution in [0.3, 0.4) is 0 Å². The maximum Gasteiger partial charge on any atom is 0.0807 e. The summed E-state index contributed by atoms with van der Waals surface area (Å²) in [6.45, 7) is 4.24. The molecule has 0 saturated heterocycles. The first kappa shape index (κ1) is 10.3. The predicted octanol–water partition coefficient (Wildman–Crippen LogP) is 0.674. The Bertz CT molecular complexity index is 76.0. The topological polar surface area (TPSA) is 40.5 Å². The van der Waals surface area contributed by atoms with E-state index in [1.807, 2.05) is 0 Å². The average Bonchev–Trinajstić information content (AvgIpc) is 1.87. The third-order valence-corrected chi connectivity index (χ3v) is 3.01. The summed E-state index contributed by atoms with van der Waals surface area (Å²) in [6.07, 6.45) is 1.43. The summed E-state index contributed by atoms with van der Waals surface area (Å²) < 4.78 is 0. The molecule has 2 nitrogen and oxygen atoms in total. The van der Waals surface area contributed by atoms with E-state index in [0.717, 1.165) is 20.9 Å². The lowest BCUT2D eigenvalue weighted by Gasteiger charge is -2.07. The van der Waals surface area contributed by atoms with Gasteiger partial charge in [0.2, 0.25) is 0 Å². The highest BCUT2D eigenvalue weighted by Gasteiger charge is 2.01. The molecule has 0 spiro atoms. The molecule has 0 aromatic heterocycles. The summed E-state index contributed by atoms with van der Waals surface area (Å²) >= 11 is 0. The standard InChI is InChI=1S/C7H17O2P/c1-6(2)4-10-5-7(9)3-8/h6-10H,3-5H2,1-2H3. The molecule has 0 aliphatic heterocycles.